The molecule has 1 saturated heterocycles. The molecule has 1 aliphatic heterocycles. The van der Waals surface area contributed by atoms with Crippen LogP contribution in [0.2, 0.25) is 0 Å². The number of carboxylic acids is 1. The number of hydrogen-bond donors (Lipinski definition) is 2. The molecule has 2 fully saturated rings. The Morgan fingerprint density at radius 1 is 1.27 bits per heavy atom. The number of hydrogen-bond acceptors (Lipinski definition) is 3. The van der Waals surface area contributed by atoms with Crippen molar-refractivity contribution < 1.29 is 19.5 Å². The number of amides is 2. The largest absolute Gasteiger partial charge is 0.481 e. The zero-order valence-corrected chi connectivity index (χ0v) is 5.40. The smallest absolute Gasteiger partial charge is 0.308 e. The lowest BCUT2D eigenvalue weighted by atomic mass is 10.3. The van der Waals surface area contributed by atoms with E-state index in [0.717, 1.165) is 0 Å². The van der Waals surface area contributed by atoms with Crippen LogP contribution in [0.4, 0.5) is 0 Å². The van der Waals surface area contributed by atoms with Gasteiger partial charge >= 0.3 is 5.97 Å². The Morgan fingerprint density at radius 3 is 2.00 bits per heavy atom. The second-order valence-electron chi connectivity index (χ2n) is 2.77. The maximum absolute atomic E-state index is 10.7. The minimum absolute atomic E-state index is 0.438. The third-order valence-electron chi connectivity index (χ3n) is 2.16. The van der Waals surface area contributed by atoms with Crippen LogP contribution in [0.3, 0.4) is 0 Å². The van der Waals surface area contributed by atoms with Crippen molar-refractivity contribution in [2.24, 2.45) is 17.8 Å². The number of fused-ring (bicyclic) bond motifs is 1. The normalized spacial score (nSPS) is 39.8. The molecule has 58 valence electrons. The van der Waals surface area contributed by atoms with Gasteiger partial charge in [0.15, 0.2) is 0 Å². The summed E-state index contributed by atoms with van der Waals surface area (Å²) in [7, 11) is 0. The van der Waals surface area contributed by atoms with Crippen LogP contribution in [0.5, 0.6) is 0 Å². The molecule has 1 unspecified atom stereocenters. The molecule has 2 amide bonds. The number of carbonyl (C=O) groups is 3. The Labute approximate surface area is 61.4 Å². The first-order valence-electron chi connectivity index (χ1n) is 3.20. The third kappa shape index (κ3) is 0.621. The van der Waals surface area contributed by atoms with Crippen molar-refractivity contribution in [2.45, 2.75) is 0 Å². The lowest BCUT2D eigenvalue weighted by molar-refractivity contribution is -0.142. The number of carboxylic acid groups (broad SMARTS) is 1. The summed E-state index contributed by atoms with van der Waals surface area (Å²) in [5.41, 5.74) is 0. The second kappa shape index (κ2) is 1.61. The molecule has 0 radical (unpaired) electrons. The summed E-state index contributed by atoms with van der Waals surface area (Å²) in [6.45, 7) is 0. The van der Waals surface area contributed by atoms with Gasteiger partial charge in [0, 0.05) is 0 Å². The summed E-state index contributed by atoms with van der Waals surface area (Å²) in [6, 6.07) is 0. The number of piperidine rings is 1. The Bertz CT molecular complexity index is 245. The van der Waals surface area contributed by atoms with Crippen LogP contribution in [0.25, 0.3) is 0 Å². The molecule has 0 bridgehead atoms. The monoisotopic (exact) mass is 155 g/mol. The minimum Gasteiger partial charge on any atom is -0.481 e. The standard InChI is InChI=1S/C6H5NO4/c8-4-1-2(5(9)7-4)3(1)6(10)11/h1-3H,(H,10,11)(H,7,8,9)/t1-,2+,3?. The Kier molecular flexibility index (Phi) is 0.925. The fourth-order valence-electron chi connectivity index (χ4n) is 1.56. The Hall–Kier alpha value is -1.39. The zero-order chi connectivity index (χ0) is 8.17. The number of carbonyl (C=O) groups excluding carboxylic acids is 2. The molecule has 5 nitrogen and oxygen atoms in total. The van der Waals surface area contributed by atoms with Crippen molar-refractivity contribution in [1.82, 2.24) is 5.32 Å². The Morgan fingerprint density at radius 2 is 1.73 bits per heavy atom. The van der Waals surface area contributed by atoms with Gasteiger partial charge in [0.1, 0.15) is 0 Å². The number of nitrogens with one attached hydrogen (secondary N) is 1. The van der Waals surface area contributed by atoms with Gasteiger partial charge in [-0.15, -0.1) is 0 Å². The van der Waals surface area contributed by atoms with Gasteiger partial charge in [-0.05, 0) is 0 Å². The highest BCUT2D eigenvalue weighted by molar-refractivity contribution is 6.13. The van der Waals surface area contributed by atoms with Crippen molar-refractivity contribution in [2.75, 3.05) is 0 Å². The molecule has 2 N–H and O–H groups in total. The molecular formula is C6H5NO4. The van der Waals surface area contributed by atoms with Gasteiger partial charge in [0.05, 0.1) is 17.8 Å². The third-order valence-corrected chi connectivity index (χ3v) is 2.16. The molecule has 1 heterocycles. The first-order valence-corrected chi connectivity index (χ1v) is 3.20. The van der Waals surface area contributed by atoms with Crippen molar-refractivity contribution in [3.05, 3.63) is 0 Å². The molecule has 0 spiro atoms. The summed E-state index contributed by atoms with van der Waals surface area (Å²) < 4.78 is 0. The maximum atomic E-state index is 10.7. The summed E-state index contributed by atoms with van der Waals surface area (Å²) in [4.78, 5) is 31.8. The first-order chi connectivity index (χ1) is 5.13. The van der Waals surface area contributed by atoms with Gasteiger partial charge in [-0.3, -0.25) is 19.7 Å². The predicted octanol–water partition coefficient (Wildman–Crippen LogP) is -1.41. The maximum Gasteiger partial charge on any atom is 0.308 e. The molecule has 1 saturated carbocycles. The van der Waals surface area contributed by atoms with Crippen LogP contribution in [0, 0.1) is 17.8 Å². The molecule has 2 aliphatic rings. The molecule has 0 aromatic carbocycles. The average molecular weight is 155 g/mol. The van der Waals surface area contributed by atoms with Gasteiger partial charge in [-0.2, -0.15) is 0 Å². The van der Waals surface area contributed by atoms with Crippen molar-refractivity contribution in [3.8, 4) is 0 Å². The van der Waals surface area contributed by atoms with Gasteiger partial charge in [0.2, 0.25) is 11.8 Å². The van der Waals surface area contributed by atoms with Gasteiger partial charge in [-0.25, -0.2) is 0 Å². The predicted molar refractivity (Wildman–Crippen MR) is 31.3 cm³/mol. The van der Waals surface area contributed by atoms with Crippen molar-refractivity contribution in [1.29, 1.82) is 0 Å². The van der Waals surface area contributed by atoms with Crippen LogP contribution in [-0.2, 0) is 14.4 Å². The minimum atomic E-state index is -1.05. The number of rotatable bonds is 1. The summed E-state index contributed by atoms with van der Waals surface area (Å²) >= 11 is 0. The van der Waals surface area contributed by atoms with Gasteiger partial charge in [-0.1, -0.05) is 0 Å². The van der Waals surface area contributed by atoms with Crippen molar-refractivity contribution >= 4 is 17.8 Å². The van der Waals surface area contributed by atoms with Crippen LogP contribution in [0.15, 0.2) is 0 Å². The van der Waals surface area contributed by atoms with E-state index in [-0.39, 0.29) is 0 Å². The van der Waals surface area contributed by atoms with E-state index in [4.69, 9.17) is 5.11 Å². The molecule has 11 heavy (non-hydrogen) atoms. The zero-order valence-electron chi connectivity index (χ0n) is 5.40. The first kappa shape index (κ1) is 6.33. The van der Waals surface area contributed by atoms with E-state index in [0.29, 0.717) is 0 Å². The molecule has 0 aromatic heterocycles. The summed E-state index contributed by atoms with van der Waals surface area (Å²) in [6.07, 6.45) is 0. The highest BCUT2D eigenvalue weighted by atomic mass is 16.4. The van der Waals surface area contributed by atoms with Crippen molar-refractivity contribution in [3.63, 3.8) is 0 Å². The molecule has 2 rings (SSSR count). The average Bonchev–Trinajstić information content (AvgIpc) is 2.53. The summed E-state index contributed by atoms with van der Waals surface area (Å²) in [5, 5.41) is 10.5. The van der Waals surface area contributed by atoms with Crippen LogP contribution in [-0.4, -0.2) is 22.9 Å². The molecule has 3 atom stereocenters. The SMILES string of the molecule is O=C(O)C1[C@H]2C(=O)NC(=O)[C@@H]12. The molecule has 5 heteroatoms. The van der Waals surface area contributed by atoms with E-state index in [2.05, 4.69) is 5.32 Å². The second-order valence-corrected chi connectivity index (χ2v) is 2.77. The topological polar surface area (TPSA) is 83.5 Å². The van der Waals surface area contributed by atoms with E-state index in [1.807, 2.05) is 0 Å². The van der Waals surface area contributed by atoms with E-state index < -0.39 is 35.5 Å². The van der Waals surface area contributed by atoms with Crippen LogP contribution >= 0.6 is 0 Å². The number of aliphatic carboxylic acids is 1. The highest BCUT2D eigenvalue weighted by Gasteiger charge is 2.67. The molecular weight excluding hydrogens is 150 g/mol. The quantitative estimate of drug-likeness (QED) is 0.455. The Balaban J connectivity index is 2.22. The lowest BCUT2D eigenvalue weighted by Crippen LogP contribution is -2.29. The van der Waals surface area contributed by atoms with E-state index in [1.54, 1.807) is 0 Å². The fourth-order valence-corrected chi connectivity index (χ4v) is 1.56. The van der Waals surface area contributed by atoms with E-state index >= 15 is 0 Å². The summed E-state index contributed by atoms with van der Waals surface area (Å²) in [5.74, 6) is -3.85. The van der Waals surface area contributed by atoms with Gasteiger partial charge in [0.25, 0.3) is 0 Å². The molecule has 0 aromatic rings. The fraction of sp³-hybridized carbons (Fsp3) is 0.500. The van der Waals surface area contributed by atoms with E-state index in [9.17, 15) is 14.4 Å². The number of imide groups is 1. The van der Waals surface area contributed by atoms with Crippen LogP contribution in [0.1, 0.15) is 0 Å². The van der Waals surface area contributed by atoms with Crippen LogP contribution < -0.4 is 5.32 Å². The molecule has 1 aliphatic carbocycles. The highest BCUT2D eigenvalue weighted by Crippen LogP contribution is 2.50. The van der Waals surface area contributed by atoms with Gasteiger partial charge < -0.3 is 5.11 Å². The lowest BCUT2D eigenvalue weighted by Gasteiger charge is -1.96. The van der Waals surface area contributed by atoms with E-state index in [1.165, 1.54) is 0 Å².